The molecule has 0 aromatic heterocycles. The third-order valence-electron chi connectivity index (χ3n) is 3.96. The number of halogens is 2. The first-order chi connectivity index (χ1) is 9.56. The number of nitrogen functional groups attached to an aromatic ring is 1. The Kier molecular flexibility index (Phi) is 3.33. The zero-order chi connectivity index (χ0) is 14.3. The Morgan fingerprint density at radius 1 is 1.15 bits per heavy atom. The summed E-state index contributed by atoms with van der Waals surface area (Å²) >= 11 is 0. The smallest absolute Gasteiger partial charge is 0.257 e. The molecule has 0 unspecified atom stereocenters. The van der Waals surface area contributed by atoms with Crippen LogP contribution in [-0.4, -0.2) is 47.9 Å². The molecule has 20 heavy (non-hydrogen) atoms. The van der Waals surface area contributed by atoms with E-state index in [0.29, 0.717) is 19.1 Å². The van der Waals surface area contributed by atoms with Crippen molar-refractivity contribution in [2.24, 2.45) is 0 Å². The van der Waals surface area contributed by atoms with E-state index >= 15 is 0 Å². The molecule has 1 aromatic carbocycles. The van der Waals surface area contributed by atoms with Gasteiger partial charge in [-0.2, -0.15) is 0 Å². The predicted molar refractivity (Wildman–Crippen MR) is 71.3 cm³/mol. The van der Waals surface area contributed by atoms with E-state index in [4.69, 9.17) is 5.73 Å². The van der Waals surface area contributed by atoms with E-state index in [1.54, 1.807) is 4.90 Å². The van der Waals surface area contributed by atoms with E-state index in [9.17, 15) is 13.6 Å². The van der Waals surface area contributed by atoms with Gasteiger partial charge in [-0.3, -0.25) is 9.69 Å². The van der Waals surface area contributed by atoms with E-state index in [2.05, 4.69) is 4.90 Å². The summed E-state index contributed by atoms with van der Waals surface area (Å²) in [6, 6.07) is 2.46. The third kappa shape index (κ3) is 2.47. The Morgan fingerprint density at radius 3 is 2.40 bits per heavy atom. The largest absolute Gasteiger partial charge is 0.396 e. The normalized spacial score (nSPS) is 20.2. The molecule has 0 radical (unpaired) electrons. The molecule has 0 spiro atoms. The maximum Gasteiger partial charge on any atom is 0.257 e. The molecule has 4 nitrogen and oxygen atoms in total. The Labute approximate surface area is 116 Å². The van der Waals surface area contributed by atoms with Crippen LogP contribution in [0, 0.1) is 11.6 Å². The maximum atomic E-state index is 13.9. The van der Waals surface area contributed by atoms with Crippen LogP contribution < -0.4 is 5.73 Å². The van der Waals surface area contributed by atoms with Crippen LogP contribution in [-0.2, 0) is 0 Å². The number of nitrogens with zero attached hydrogens (tertiary/aromatic N) is 2. The Hall–Kier alpha value is -1.69. The summed E-state index contributed by atoms with van der Waals surface area (Å²) in [7, 11) is 0. The van der Waals surface area contributed by atoms with Crippen molar-refractivity contribution in [3.8, 4) is 0 Å². The van der Waals surface area contributed by atoms with Crippen molar-refractivity contribution in [3.63, 3.8) is 0 Å². The van der Waals surface area contributed by atoms with Crippen LogP contribution in [0.5, 0.6) is 0 Å². The van der Waals surface area contributed by atoms with Crippen molar-refractivity contribution < 1.29 is 13.6 Å². The van der Waals surface area contributed by atoms with Crippen LogP contribution in [0.25, 0.3) is 0 Å². The van der Waals surface area contributed by atoms with Gasteiger partial charge < -0.3 is 10.6 Å². The maximum absolute atomic E-state index is 13.9. The fourth-order valence-electron chi connectivity index (χ4n) is 2.67. The Balaban J connectivity index is 1.73. The van der Waals surface area contributed by atoms with Crippen LogP contribution in [0.2, 0.25) is 0 Å². The molecule has 1 saturated heterocycles. The summed E-state index contributed by atoms with van der Waals surface area (Å²) in [4.78, 5) is 16.2. The van der Waals surface area contributed by atoms with Gasteiger partial charge in [-0.25, -0.2) is 8.78 Å². The summed E-state index contributed by atoms with van der Waals surface area (Å²) in [6.07, 6.45) is 2.45. The molecule has 1 aromatic rings. The molecule has 1 saturated carbocycles. The highest BCUT2D eigenvalue weighted by atomic mass is 19.1. The fraction of sp³-hybridized carbons (Fsp3) is 0.500. The average molecular weight is 281 g/mol. The van der Waals surface area contributed by atoms with Gasteiger partial charge in [0, 0.05) is 32.2 Å². The number of piperazine rings is 1. The molecule has 2 aliphatic rings. The molecule has 0 bridgehead atoms. The molecule has 108 valence electrons. The SMILES string of the molecule is Nc1cc(F)cc(C(=O)N2CCN(C3CC3)CC2)c1F. The molecule has 1 amide bonds. The lowest BCUT2D eigenvalue weighted by Gasteiger charge is -2.34. The van der Waals surface area contributed by atoms with Gasteiger partial charge in [0.15, 0.2) is 5.82 Å². The van der Waals surface area contributed by atoms with Crippen LogP contribution in [0.15, 0.2) is 12.1 Å². The predicted octanol–water partition coefficient (Wildman–Crippen LogP) is 1.47. The second-order valence-corrected chi connectivity index (χ2v) is 5.42. The zero-order valence-corrected chi connectivity index (χ0v) is 11.1. The van der Waals surface area contributed by atoms with E-state index < -0.39 is 17.5 Å². The highest BCUT2D eigenvalue weighted by Gasteiger charge is 2.33. The number of anilines is 1. The van der Waals surface area contributed by atoms with Crippen molar-refractivity contribution in [2.45, 2.75) is 18.9 Å². The quantitative estimate of drug-likeness (QED) is 0.835. The second kappa shape index (κ2) is 5.01. The molecule has 1 heterocycles. The van der Waals surface area contributed by atoms with Crippen molar-refractivity contribution in [2.75, 3.05) is 31.9 Å². The van der Waals surface area contributed by atoms with Gasteiger partial charge in [0.2, 0.25) is 0 Å². The number of nitrogens with two attached hydrogens (primary N) is 1. The molecule has 1 aliphatic carbocycles. The lowest BCUT2D eigenvalue weighted by atomic mass is 10.1. The van der Waals surface area contributed by atoms with Gasteiger partial charge in [-0.05, 0) is 25.0 Å². The van der Waals surface area contributed by atoms with Crippen LogP contribution in [0.4, 0.5) is 14.5 Å². The van der Waals surface area contributed by atoms with Crippen molar-refractivity contribution in [3.05, 3.63) is 29.3 Å². The molecule has 0 atom stereocenters. The summed E-state index contributed by atoms with van der Waals surface area (Å²) in [5, 5.41) is 0. The summed E-state index contributed by atoms with van der Waals surface area (Å²) in [5.41, 5.74) is 4.76. The summed E-state index contributed by atoms with van der Waals surface area (Å²) in [5.74, 6) is -2.01. The van der Waals surface area contributed by atoms with Crippen molar-refractivity contribution in [1.29, 1.82) is 0 Å². The molecule has 6 heteroatoms. The zero-order valence-electron chi connectivity index (χ0n) is 11.1. The summed E-state index contributed by atoms with van der Waals surface area (Å²) in [6.45, 7) is 2.68. The summed E-state index contributed by atoms with van der Waals surface area (Å²) < 4.78 is 27.1. The van der Waals surface area contributed by atoms with Crippen LogP contribution in [0.1, 0.15) is 23.2 Å². The van der Waals surface area contributed by atoms with Gasteiger partial charge in [0.1, 0.15) is 5.82 Å². The van der Waals surface area contributed by atoms with Crippen LogP contribution in [0.3, 0.4) is 0 Å². The van der Waals surface area contributed by atoms with E-state index in [-0.39, 0.29) is 11.3 Å². The number of rotatable bonds is 2. The minimum Gasteiger partial charge on any atom is -0.396 e. The average Bonchev–Trinajstić information content (AvgIpc) is 3.27. The fourth-order valence-corrected chi connectivity index (χ4v) is 2.67. The number of carbonyl (C=O) groups is 1. The van der Waals surface area contributed by atoms with E-state index in [0.717, 1.165) is 25.2 Å². The second-order valence-electron chi connectivity index (χ2n) is 5.42. The Morgan fingerprint density at radius 2 is 1.80 bits per heavy atom. The monoisotopic (exact) mass is 281 g/mol. The Bertz CT molecular complexity index is 537. The standard InChI is InChI=1S/C14H17F2N3O/c15-9-7-11(13(16)12(17)8-9)14(20)19-5-3-18(4-6-19)10-1-2-10/h7-8,10H,1-6,17H2. The minimum absolute atomic E-state index is 0.276. The first-order valence-corrected chi connectivity index (χ1v) is 6.84. The lowest BCUT2D eigenvalue weighted by molar-refractivity contribution is 0.0622. The highest BCUT2D eigenvalue weighted by Crippen LogP contribution is 2.28. The number of benzene rings is 1. The molecular weight excluding hydrogens is 264 g/mol. The van der Waals surface area contributed by atoms with Gasteiger partial charge in [-0.1, -0.05) is 0 Å². The van der Waals surface area contributed by atoms with Gasteiger partial charge in [0.05, 0.1) is 11.3 Å². The highest BCUT2D eigenvalue weighted by molar-refractivity contribution is 5.95. The molecule has 2 N–H and O–H groups in total. The molecule has 3 rings (SSSR count). The number of hydrogen-bond donors (Lipinski definition) is 1. The van der Waals surface area contributed by atoms with Gasteiger partial charge in [-0.15, -0.1) is 0 Å². The van der Waals surface area contributed by atoms with E-state index in [1.165, 1.54) is 12.8 Å². The van der Waals surface area contributed by atoms with E-state index in [1.807, 2.05) is 0 Å². The number of amides is 1. The van der Waals surface area contributed by atoms with Crippen molar-refractivity contribution >= 4 is 11.6 Å². The van der Waals surface area contributed by atoms with Crippen molar-refractivity contribution in [1.82, 2.24) is 9.80 Å². The van der Waals surface area contributed by atoms with Gasteiger partial charge >= 0.3 is 0 Å². The topological polar surface area (TPSA) is 49.6 Å². The molecule has 1 aliphatic heterocycles. The minimum atomic E-state index is -0.832. The number of carbonyl (C=O) groups excluding carboxylic acids is 1. The first-order valence-electron chi connectivity index (χ1n) is 6.84. The van der Waals surface area contributed by atoms with Gasteiger partial charge in [0.25, 0.3) is 5.91 Å². The molecule has 2 fully saturated rings. The molecular formula is C14H17F2N3O. The first kappa shape index (κ1) is 13.3. The van der Waals surface area contributed by atoms with Crippen LogP contribution >= 0.6 is 0 Å². The number of hydrogen-bond acceptors (Lipinski definition) is 3. The lowest BCUT2D eigenvalue weighted by Crippen LogP contribution is -2.49. The third-order valence-corrected chi connectivity index (χ3v) is 3.96.